The van der Waals surface area contributed by atoms with Crippen molar-refractivity contribution in [3.05, 3.63) is 75.6 Å². The fraction of sp³-hybridized carbons (Fsp3) is 0.273. The van der Waals surface area contributed by atoms with Crippen LogP contribution in [0.2, 0.25) is 0 Å². The summed E-state index contributed by atoms with van der Waals surface area (Å²) < 4.78 is 1.60. The highest BCUT2D eigenvalue weighted by Crippen LogP contribution is 2.23. The van der Waals surface area contributed by atoms with Crippen LogP contribution >= 0.6 is 0 Å². The van der Waals surface area contributed by atoms with Gasteiger partial charge in [-0.1, -0.05) is 29.8 Å². The molecular weight excluding hydrogens is 324 g/mol. The SMILES string of the molecule is CCN(C(=O)Cn1c(=O)cc(C)c2cc(C)cc(C)c21)c1ccccc1. The summed E-state index contributed by atoms with van der Waals surface area (Å²) in [6.07, 6.45) is 0. The number of carbonyl (C=O) groups excluding carboxylic acids is 1. The molecule has 1 amide bonds. The fourth-order valence-corrected chi connectivity index (χ4v) is 3.56. The average molecular weight is 348 g/mol. The van der Waals surface area contributed by atoms with Crippen molar-refractivity contribution in [1.82, 2.24) is 4.57 Å². The van der Waals surface area contributed by atoms with Gasteiger partial charge in [0, 0.05) is 23.7 Å². The molecule has 0 aliphatic carbocycles. The lowest BCUT2D eigenvalue weighted by atomic mass is 10.0. The first-order valence-electron chi connectivity index (χ1n) is 8.89. The van der Waals surface area contributed by atoms with Crippen LogP contribution in [0.15, 0.2) is 53.3 Å². The minimum Gasteiger partial charge on any atom is -0.311 e. The molecule has 0 atom stereocenters. The van der Waals surface area contributed by atoms with Crippen LogP contribution in [0.1, 0.15) is 23.6 Å². The van der Waals surface area contributed by atoms with Gasteiger partial charge in [-0.25, -0.2) is 0 Å². The summed E-state index contributed by atoms with van der Waals surface area (Å²) >= 11 is 0. The number of para-hydroxylation sites is 1. The summed E-state index contributed by atoms with van der Waals surface area (Å²) in [6, 6.07) is 15.3. The van der Waals surface area contributed by atoms with E-state index in [4.69, 9.17) is 0 Å². The molecule has 2 aromatic carbocycles. The van der Waals surface area contributed by atoms with Crippen LogP contribution in [0.25, 0.3) is 10.9 Å². The van der Waals surface area contributed by atoms with Gasteiger partial charge in [0.05, 0.1) is 5.52 Å². The van der Waals surface area contributed by atoms with E-state index in [9.17, 15) is 9.59 Å². The molecular formula is C22H24N2O2. The van der Waals surface area contributed by atoms with Gasteiger partial charge >= 0.3 is 0 Å². The first-order chi connectivity index (χ1) is 12.4. The lowest BCUT2D eigenvalue weighted by molar-refractivity contribution is -0.119. The van der Waals surface area contributed by atoms with Crippen LogP contribution in [0, 0.1) is 20.8 Å². The maximum atomic E-state index is 13.0. The maximum Gasteiger partial charge on any atom is 0.251 e. The standard InChI is InChI=1S/C22H24N2O2/c1-5-23(18-9-7-6-8-10-18)21(26)14-24-20(25)13-16(3)19-12-15(2)11-17(4)22(19)24/h6-13H,5,14H2,1-4H3. The van der Waals surface area contributed by atoms with Gasteiger partial charge in [0.2, 0.25) is 5.91 Å². The van der Waals surface area contributed by atoms with Gasteiger partial charge in [-0.05, 0) is 57.0 Å². The molecule has 1 aromatic heterocycles. The van der Waals surface area contributed by atoms with Crippen molar-refractivity contribution in [3.63, 3.8) is 0 Å². The highest BCUT2D eigenvalue weighted by Gasteiger charge is 2.17. The zero-order valence-corrected chi connectivity index (χ0v) is 15.7. The van der Waals surface area contributed by atoms with Crippen LogP contribution in [0.4, 0.5) is 5.69 Å². The minimum atomic E-state index is -0.139. The molecule has 0 N–H and O–H groups in total. The Morgan fingerprint density at radius 2 is 1.69 bits per heavy atom. The Hall–Kier alpha value is -2.88. The van der Waals surface area contributed by atoms with Crippen molar-refractivity contribution in [2.24, 2.45) is 0 Å². The van der Waals surface area contributed by atoms with E-state index in [0.29, 0.717) is 6.54 Å². The lowest BCUT2D eigenvalue weighted by Crippen LogP contribution is -2.36. The summed E-state index contributed by atoms with van der Waals surface area (Å²) in [5.74, 6) is -0.0917. The normalized spacial score (nSPS) is 10.9. The second kappa shape index (κ2) is 7.16. The predicted molar refractivity (Wildman–Crippen MR) is 107 cm³/mol. The molecule has 3 aromatic rings. The number of aryl methyl sites for hydroxylation is 3. The third kappa shape index (κ3) is 3.27. The Morgan fingerprint density at radius 1 is 1.00 bits per heavy atom. The van der Waals surface area contributed by atoms with Crippen molar-refractivity contribution in [2.45, 2.75) is 34.2 Å². The number of likely N-dealkylation sites (N-methyl/N-ethyl adjacent to an activating group) is 1. The Labute approximate surface area is 153 Å². The molecule has 0 radical (unpaired) electrons. The third-order valence-corrected chi connectivity index (χ3v) is 4.72. The minimum absolute atomic E-state index is 0.0300. The first-order valence-corrected chi connectivity index (χ1v) is 8.89. The molecule has 134 valence electrons. The van der Waals surface area contributed by atoms with E-state index in [1.807, 2.05) is 58.0 Å². The quantitative estimate of drug-likeness (QED) is 0.716. The summed E-state index contributed by atoms with van der Waals surface area (Å²) in [7, 11) is 0. The highest BCUT2D eigenvalue weighted by molar-refractivity contribution is 5.94. The first kappa shape index (κ1) is 17.9. The van der Waals surface area contributed by atoms with Gasteiger partial charge < -0.3 is 4.90 Å². The lowest BCUT2D eigenvalue weighted by Gasteiger charge is -2.22. The Bertz CT molecular complexity index is 1020. The smallest absolute Gasteiger partial charge is 0.251 e. The topological polar surface area (TPSA) is 42.3 Å². The molecule has 4 heteroatoms. The molecule has 1 heterocycles. The van der Waals surface area contributed by atoms with Crippen molar-refractivity contribution >= 4 is 22.5 Å². The van der Waals surface area contributed by atoms with Gasteiger partial charge in [-0.2, -0.15) is 0 Å². The number of carbonyl (C=O) groups is 1. The van der Waals surface area contributed by atoms with Gasteiger partial charge in [0.25, 0.3) is 5.56 Å². The number of benzene rings is 2. The van der Waals surface area contributed by atoms with Gasteiger partial charge in [0.1, 0.15) is 6.54 Å². The largest absolute Gasteiger partial charge is 0.311 e. The third-order valence-electron chi connectivity index (χ3n) is 4.72. The Kier molecular flexibility index (Phi) is 4.94. The second-order valence-electron chi connectivity index (χ2n) is 6.70. The molecule has 0 bridgehead atoms. The number of aromatic nitrogens is 1. The van der Waals surface area contributed by atoms with Crippen LogP contribution < -0.4 is 10.5 Å². The highest BCUT2D eigenvalue weighted by atomic mass is 16.2. The van der Waals surface area contributed by atoms with Crippen molar-refractivity contribution < 1.29 is 4.79 Å². The number of amides is 1. The average Bonchev–Trinajstić information content (AvgIpc) is 2.60. The van der Waals surface area contributed by atoms with E-state index in [2.05, 4.69) is 12.1 Å². The maximum absolute atomic E-state index is 13.0. The number of rotatable bonds is 4. The summed E-state index contributed by atoms with van der Waals surface area (Å²) in [5, 5.41) is 1.03. The zero-order chi connectivity index (χ0) is 18.8. The molecule has 0 spiro atoms. The van der Waals surface area contributed by atoms with Gasteiger partial charge in [-0.15, -0.1) is 0 Å². The van der Waals surface area contributed by atoms with E-state index >= 15 is 0 Å². The molecule has 0 saturated carbocycles. The summed E-state index contributed by atoms with van der Waals surface area (Å²) in [5.41, 5.74) is 4.65. The molecule has 26 heavy (non-hydrogen) atoms. The van der Waals surface area contributed by atoms with Gasteiger partial charge in [-0.3, -0.25) is 14.2 Å². The van der Waals surface area contributed by atoms with Crippen LogP contribution in [-0.4, -0.2) is 17.0 Å². The fourth-order valence-electron chi connectivity index (χ4n) is 3.56. The number of nitrogens with zero attached hydrogens (tertiary/aromatic N) is 2. The number of hydrogen-bond donors (Lipinski definition) is 0. The second-order valence-corrected chi connectivity index (χ2v) is 6.70. The monoisotopic (exact) mass is 348 g/mol. The molecule has 0 aliphatic heterocycles. The van der Waals surface area contributed by atoms with E-state index in [-0.39, 0.29) is 18.0 Å². The molecule has 0 saturated heterocycles. The van der Waals surface area contributed by atoms with Crippen molar-refractivity contribution in [1.29, 1.82) is 0 Å². The van der Waals surface area contributed by atoms with E-state index in [1.54, 1.807) is 15.5 Å². The Morgan fingerprint density at radius 3 is 2.35 bits per heavy atom. The summed E-state index contributed by atoms with van der Waals surface area (Å²) in [4.78, 5) is 27.3. The predicted octanol–water partition coefficient (Wildman–Crippen LogP) is 3.98. The van der Waals surface area contributed by atoms with Crippen LogP contribution in [-0.2, 0) is 11.3 Å². The molecule has 4 nitrogen and oxygen atoms in total. The molecule has 3 rings (SSSR count). The van der Waals surface area contributed by atoms with Crippen LogP contribution in [0.3, 0.4) is 0 Å². The molecule has 0 fully saturated rings. The number of fused-ring (bicyclic) bond motifs is 1. The summed E-state index contributed by atoms with van der Waals surface area (Å²) in [6.45, 7) is 8.50. The number of hydrogen-bond acceptors (Lipinski definition) is 2. The van der Waals surface area contributed by atoms with E-state index in [0.717, 1.165) is 33.3 Å². The molecule has 0 unspecified atom stereocenters. The zero-order valence-electron chi connectivity index (χ0n) is 15.7. The number of anilines is 1. The number of pyridine rings is 1. The van der Waals surface area contributed by atoms with Crippen molar-refractivity contribution in [2.75, 3.05) is 11.4 Å². The van der Waals surface area contributed by atoms with Crippen LogP contribution in [0.5, 0.6) is 0 Å². The van der Waals surface area contributed by atoms with E-state index < -0.39 is 0 Å². The van der Waals surface area contributed by atoms with Gasteiger partial charge in [0.15, 0.2) is 0 Å². The molecule has 0 aliphatic rings. The van der Waals surface area contributed by atoms with Crippen molar-refractivity contribution in [3.8, 4) is 0 Å². The Balaban J connectivity index is 2.09. The van der Waals surface area contributed by atoms with E-state index in [1.165, 1.54) is 0 Å².